The van der Waals surface area contributed by atoms with Crippen molar-refractivity contribution in [2.45, 2.75) is 26.2 Å². The van der Waals surface area contributed by atoms with E-state index in [-0.39, 0.29) is 33.4 Å². The molecule has 2 amide bonds. The molecule has 13 heteroatoms. The SMILES string of the molecule is COc1c(NC(=O)Nc2ccc(-c3cnc(Cl)c([N+](=O)[O-])c3)c3ccccc23)cc(C(C)(C)C)cc1NS(C)(=O)=O. The summed E-state index contributed by atoms with van der Waals surface area (Å²) in [5.74, 6) is 0.149. The van der Waals surface area contributed by atoms with Gasteiger partial charge in [0.15, 0.2) is 5.75 Å². The normalized spacial score (nSPS) is 11.7. The van der Waals surface area contributed by atoms with E-state index in [1.807, 2.05) is 32.9 Å². The van der Waals surface area contributed by atoms with Crippen LogP contribution in [0.5, 0.6) is 5.75 Å². The van der Waals surface area contributed by atoms with E-state index in [1.165, 1.54) is 19.4 Å². The summed E-state index contributed by atoms with van der Waals surface area (Å²) < 4.78 is 32.0. The van der Waals surface area contributed by atoms with E-state index in [0.29, 0.717) is 22.2 Å². The zero-order chi connectivity index (χ0) is 30.1. The van der Waals surface area contributed by atoms with Crippen LogP contribution >= 0.6 is 11.6 Å². The van der Waals surface area contributed by atoms with E-state index < -0.39 is 21.0 Å². The maximum Gasteiger partial charge on any atom is 0.323 e. The first-order valence-electron chi connectivity index (χ1n) is 12.3. The number of carbonyl (C=O) groups excluding carboxylic acids is 1. The van der Waals surface area contributed by atoms with Gasteiger partial charge < -0.3 is 15.4 Å². The van der Waals surface area contributed by atoms with Crippen LogP contribution < -0.4 is 20.1 Å². The monoisotopic (exact) mass is 597 g/mol. The van der Waals surface area contributed by atoms with Crippen LogP contribution in [0, 0.1) is 10.1 Å². The molecule has 0 aliphatic heterocycles. The number of sulfonamides is 1. The van der Waals surface area contributed by atoms with Gasteiger partial charge in [-0.05, 0) is 40.1 Å². The van der Waals surface area contributed by atoms with E-state index in [0.717, 1.165) is 17.2 Å². The number of urea groups is 1. The summed E-state index contributed by atoms with van der Waals surface area (Å²) >= 11 is 5.89. The summed E-state index contributed by atoms with van der Waals surface area (Å²) in [6, 6.07) is 14.8. The van der Waals surface area contributed by atoms with Crippen LogP contribution in [0.3, 0.4) is 0 Å². The Balaban J connectivity index is 1.72. The number of aromatic nitrogens is 1. The van der Waals surface area contributed by atoms with Crippen LogP contribution in [0.15, 0.2) is 60.8 Å². The minimum absolute atomic E-state index is 0.149. The van der Waals surface area contributed by atoms with Crippen molar-refractivity contribution in [1.29, 1.82) is 0 Å². The molecule has 11 nitrogen and oxygen atoms in total. The Kier molecular flexibility index (Phi) is 8.09. The Hall–Kier alpha value is -4.42. The van der Waals surface area contributed by atoms with Crippen molar-refractivity contribution in [2.24, 2.45) is 0 Å². The molecule has 0 unspecified atom stereocenters. The van der Waals surface area contributed by atoms with Gasteiger partial charge in [0.05, 0.1) is 35.4 Å². The van der Waals surface area contributed by atoms with E-state index in [4.69, 9.17) is 16.3 Å². The molecule has 0 spiro atoms. The van der Waals surface area contributed by atoms with Gasteiger partial charge >= 0.3 is 11.7 Å². The van der Waals surface area contributed by atoms with Gasteiger partial charge in [0, 0.05) is 23.2 Å². The fraction of sp³-hybridized carbons (Fsp3) is 0.214. The quantitative estimate of drug-likeness (QED) is 0.120. The highest BCUT2D eigenvalue weighted by molar-refractivity contribution is 7.92. The molecule has 214 valence electrons. The van der Waals surface area contributed by atoms with Crippen molar-refractivity contribution in [3.63, 3.8) is 0 Å². The summed E-state index contributed by atoms with van der Waals surface area (Å²) in [5.41, 5.74) is 2.16. The van der Waals surface area contributed by atoms with Gasteiger partial charge in [-0.1, -0.05) is 62.7 Å². The Morgan fingerprint density at radius 1 is 1.00 bits per heavy atom. The molecular formula is C28H28ClN5O6S. The first-order chi connectivity index (χ1) is 19.2. The number of nitrogens with zero attached hydrogens (tertiary/aromatic N) is 2. The zero-order valence-corrected chi connectivity index (χ0v) is 24.5. The second-order valence-corrected chi connectivity index (χ2v) is 12.4. The molecule has 0 fully saturated rings. The molecule has 0 aliphatic carbocycles. The summed E-state index contributed by atoms with van der Waals surface area (Å²) in [6.45, 7) is 5.88. The largest absolute Gasteiger partial charge is 0.492 e. The lowest BCUT2D eigenvalue weighted by Gasteiger charge is -2.24. The topological polar surface area (TPSA) is 153 Å². The van der Waals surface area contributed by atoms with Crippen LogP contribution in [0.1, 0.15) is 26.3 Å². The number of fused-ring (bicyclic) bond motifs is 1. The number of carbonyl (C=O) groups is 1. The predicted octanol–water partition coefficient (Wildman–Crippen LogP) is 6.79. The molecule has 0 radical (unpaired) electrons. The van der Waals surface area contributed by atoms with Gasteiger partial charge in [0.25, 0.3) is 0 Å². The molecule has 41 heavy (non-hydrogen) atoms. The molecule has 1 heterocycles. The van der Waals surface area contributed by atoms with Crippen LogP contribution in [-0.4, -0.2) is 37.7 Å². The number of pyridine rings is 1. The maximum absolute atomic E-state index is 13.2. The summed E-state index contributed by atoms with van der Waals surface area (Å²) in [7, 11) is -2.25. The Bertz CT molecular complexity index is 1790. The van der Waals surface area contributed by atoms with E-state index in [2.05, 4.69) is 20.3 Å². The highest BCUT2D eigenvalue weighted by atomic mass is 35.5. The van der Waals surface area contributed by atoms with Crippen molar-refractivity contribution < 1.29 is 22.9 Å². The van der Waals surface area contributed by atoms with Gasteiger partial charge in [0.2, 0.25) is 15.2 Å². The minimum Gasteiger partial charge on any atom is -0.492 e. The predicted molar refractivity (Wildman–Crippen MR) is 162 cm³/mol. The first-order valence-corrected chi connectivity index (χ1v) is 14.5. The molecule has 0 saturated carbocycles. The molecule has 4 rings (SSSR count). The number of halogens is 1. The van der Waals surface area contributed by atoms with Gasteiger partial charge in [-0.2, -0.15) is 0 Å². The molecule has 1 aromatic heterocycles. The first kappa shape index (κ1) is 29.6. The third-order valence-electron chi connectivity index (χ3n) is 6.20. The van der Waals surface area contributed by atoms with E-state index in [1.54, 1.807) is 36.4 Å². The van der Waals surface area contributed by atoms with Gasteiger partial charge in [0.1, 0.15) is 0 Å². The smallest absolute Gasteiger partial charge is 0.323 e. The summed E-state index contributed by atoms with van der Waals surface area (Å²) in [5, 5.41) is 18.2. The number of methoxy groups -OCH3 is 1. The number of hydrogen-bond acceptors (Lipinski definition) is 7. The molecule has 3 N–H and O–H groups in total. The molecule has 0 aliphatic rings. The zero-order valence-electron chi connectivity index (χ0n) is 22.9. The average Bonchev–Trinajstić information content (AvgIpc) is 2.87. The van der Waals surface area contributed by atoms with E-state index >= 15 is 0 Å². The van der Waals surface area contributed by atoms with Crippen molar-refractivity contribution in [1.82, 2.24) is 4.98 Å². The number of hydrogen-bond donors (Lipinski definition) is 3. The number of nitrogens with one attached hydrogen (secondary N) is 3. The average molecular weight is 598 g/mol. The van der Waals surface area contributed by atoms with Crippen molar-refractivity contribution in [3.8, 4) is 16.9 Å². The Labute approximate surface area is 242 Å². The third-order valence-corrected chi connectivity index (χ3v) is 7.09. The number of nitro groups is 1. The highest BCUT2D eigenvalue weighted by Crippen LogP contribution is 2.40. The molecule has 4 aromatic rings. The van der Waals surface area contributed by atoms with E-state index in [9.17, 15) is 23.3 Å². The maximum atomic E-state index is 13.2. The van der Waals surface area contributed by atoms with Gasteiger partial charge in [-0.25, -0.2) is 18.2 Å². The van der Waals surface area contributed by atoms with Gasteiger partial charge in [-0.3, -0.25) is 14.8 Å². The molecule has 0 saturated heterocycles. The second-order valence-electron chi connectivity index (χ2n) is 10.3. The standard InChI is InChI=1S/C28H28ClN5O6S/c1-28(2,3)17-13-22(25(40-4)23(14-17)33-41(5,38)39)32-27(35)31-21-11-10-18(19-8-6-7-9-20(19)21)16-12-24(34(36)37)26(29)30-15-16/h6-15,33H,1-5H3,(H2,31,32,35). The lowest BCUT2D eigenvalue weighted by Crippen LogP contribution is -2.22. The minimum atomic E-state index is -3.63. The fourth-order valence-electron chi connectivity index (χ4n) is 4.30. The lowest BCUT2D eigenvalue weighted by atomic mass is 9.86. The molecule has 0 bridgehead atoms. The number of anilines is 3. The van der Waals surface area contributed by atoms with Crippen LogP contribution in [-0.2, 0) is 15.4 Å². The number of amides is 2. The summed E-state index contributed by atoms with van der Waals surface area (Å²) in [6.07, 6.45) is 2.48. The van der Waals surface area contributed by atoms with Crippen LogP contribution in [0.2, 0.25) is 5.15 Å². The molecule has 0 atom stereocenters. The van der Waals surface area contributed by atoms with Gasteiger partial charge in [-0.15, -0.1) is 0 Å². The third kappa shape index (κ3) is 6.67. The fourth-order valence-corrected chi connectivity index (χ4v) is 5.02. The van der Waals surface area contributed by atoms with Crippen LogP contribution in [0.4, 0.5) is 27.5 Å². The lowest BCUT2D eigenvalue weighted by molar-refractivity contribution is -0.385. The van der Waals surface area contributed by atoms with Crippen molar-refractivity contribution >= 4 is 61.2 Å². The highest BCUT2D eigenvalue weighted by Gasteiger charge is 2.23. The number of rotatable bonds is 7. The Morgan fingerprint density at radius 3 is 2.24 bits per heavy atom. The molecular weight excluding hydrogens is 570 g/mol. The van der Waals surface area contributed by atoms with Crippen LogP contribution in [0.25, 0.3) is 21.9 Å². The molecule has 3 aromatic carbocycles. The Morgan fingerprint density at radius 2 is 1.63 bits per heavy atom. The van der Waals surface area contributed by atoms with Crippen molar-refractivity contribution in [3.05, 3.63) is 81.6 Å². The second kappa shape index (κ2) is 11.2. The van der Waals surface area contributed by atoms with Crippen molar-refractivity contribution in [2.75, 3.05) is 28.7 Å². The summed E-state index contributed by atoms with van der Waals surface area (Å²) in [4.78, 5) is 28.0. The number of ether oxygens (including phenoxy) is 1. The number of benzene rings is 3.